The molecule has 21 heavy (non-hydrogen) atoms. The number of hydrogen-bond acceptors (Lipinski definition) is 6. The number of aliphatic hydroxyl groups excluding tert-OH is 1. The summed E-state index contributed by atoms with van der Waals surface area (Å²) in [7, 11) is -3.85. The van der Waals surface area contributed by atoms with Gasteiger partial charge in [-0.3, -0.25) is 4.79 Å². The summed E-state index contributed by atoms with van der Waals surface area (Å²) in [5.74, 6) is -0.685. The number of carbonyl (C=O) groups excluding carboxylic acids is 1. The molecule has 6 N–H and O–H groups in total. The fraction of sp³-hybridized carbons (Fsp3) is 0.417. The van der Waals surface area contributed by atoms with E-state index >= 15 is 0 Å². The number of amides is 1. The molecule has 2 atom stereocenters. The molecule has 0 aromatic heterocycles. The van der Waals surface area contributed by atoms with Gasteiger partial charge in [0.1, 0.15) is 4.90 Å². The number of primary amides is 1. The quantitative estimate of drug-likeness (QED) is 0.508. The standard InChI is InChI=1S/C12H19N3O4S2/c1-7(10(6-16)20-2)15-21(18,19)11-4-3-8(12(14)17)5-9(11)13/h3-5,7,10,15-16H,6,13H2,1-2H3,(H2,14,17). The van der Waals surface area contributed by atoms with Crippen LogP contribution in [0.1, 0.15) is 17.3 Å². The lowest BCUT2D eigenvalue weighted by Gasteiger charge is -2.21. The summed E-state index contributed by atoms with van der Waals surface area (Å²) in [4.78, 5) is 10.9. The molecule has 0 radical (unpaired) electrons. The first kappa shape index (κ1) is 17.8. The summed E-state index contributed by atoms with van der Waals surface area (Å²) in [5.41, 5.74) is 10.9. The normalized spacial score (nSPS) is 14.6. The van der Waals surface area contributed by atoms with Gasteiger partial charge in [-0.1, -0.05) is 0 Å². The second-order valence-electron chi connectivity index (χ2n) is 4.48. The molecule has 2 unspecified atom stereocenters. The van der Waals surface area contributed by atoms with Gasteiger partial charge in [0.15, 0.2) is 0 Å². The Bertz CT molecular complexity index is 615. The van der Waals surface area contributed by atoms with Gasteiger partial charge in [0.05, 0.1) is 12.3 Å². The highest BCUT2D eigenvalue weighted by atomic mass is 32.2. The summed E-state index contributed by atoms with van der Waals surface area (Å²) in [6, 6.07) is 3.28. The van der Waals surface area contributed by atoms with Crippen LogP contribution in [0, 0.1) is 0 Å². The first-order chi connectivity index (χ1) is 9.72. The second-order valence-corrected chi connectivity index (χ2v) is 7.24. The minimum atomic E-state index is -3.85. The number of nitrogen functional groups attached to an aromatic ring is 1. The van der Waals surface area contributed by atoms with Gasteiger partial charge in [-0.2, -0.15) is 11.8 Å². The van der Waals surface area contributed by atoms with Crippen molar-refractivity contribution in [3.05, 3.63) is 23.8 Å². The van der Waals surface area contributed by atoms with Gasteiger partial charge in [0, 0.05) is 16.9 Å². The zero-order chi connectivity index (χ0) is 16.2. The molecular formula is C12H19N3O4S2. The highest BCUT2D eigenvalue weighted by Gasteiger charge is 2.24. The SMILES string of the molecule is CSC(CO)C(C)NS(=O)(=O)c1ccc(C(N)=O)cc1N. The van der Waals surface area contributed by atoms with Crippen molar-refractivity contribution >= 4 is 33.4 Å². The van der Waals surface area contributed by atoms with Crippen LogP contribution in [0.3, 0.4) is 0 Å². The summed E-state index contributed by atoms with van der Waals surface area (Å²) in [6.45, 7) is 1.50. The maximum absolute atomic E-state index is 12.3. The van der Waals surface area contributed by atoms with E-state index in [0.717, 1.165) is 0 Å². The van der Waals surface area contributed by atoms with E-state index in [-0.39, 0.29) is 28.0 Å². The van der Waals surface area contributed by atoms with E-state index in [2.05, 4.69) is 4.72 Å². The van der Waals surface area contributed by atoms with Gasteiger partial charge in [-0.15, -0.1) is 0 Å². The lowest BCUT2D eigenvalue weighted by molar-refractivity contribution is 0.1000. The van der Waals surface area contributed by atoms with Crippen molar-refractivity contribution in [3.63, 3.8) is 0 Å². The summed E-state index contributed by atoms with van der Waals surface area (Å²) in [6.07, 6.45) is 1.78. The van der Waals surface area contributed by atoms with Crippen molar-refractivity contribution in [2.24, 2.45) is 5.73 Å². The number of nitrogens with two attached hydrogens (primary N) is 2. The third-order valence-corrected chi connectivity index (χ3v) is 5.76. The van der Waals surface area contributed by atoms with Crippen LogP contribution in [-0.2, 0) is 10.0 Å². The molecule has 0 heterocycles. The van der Waals surface area contributed by atoms with E-state index in [1.807, 2.05) is 0 Å². The van der Waals surface area contributed by atoms with E-state index in [0.29, 0.717) is 0 Å². The predicted molar refractivity (Wildman–Crippen MR) is 83.5 cm³/mol. The molecule has 1 amide bonds. The zero-order valence-corrected chi connectivity index (χ0v) is 13.4. The van der Waals surface area contributed by atoms with Gasteiger partial charge in [0.25, 0.3) is 0 Å². The number of hydrogen-bond donors (Lipinski definition) is 4. The van der Waals surface area contributed by atoms with Crippen LogP contribution in [0.5, 0.6) is 0 Å². The molecule has 0 saturated heterocycles. The topological polar surface area (TPSA) is 136 Å². The highest BCUT2D eigenvalue weighted by molar-refractivity contribution is 7.99. The lowest BCUT2D eigenvalue weighted by atomic mass is 10.2. The molecule has 0 saturated carbocycles. The van der Waals surface area contributed by atoms with Gasteiger partial charge in [-0.05, 0) is 31.4 Å². The third-order valence-electron chi connectivity index (χ3n) is 2.97. The molecule has 1 aromatic rings. The van der Waals surface area contributed by atoms with Crippen LogP contribution in [0.2, 0.25) is 0 Å². The van der Waals surface area contributed by atoms with E-state index in [9.17, 15) is 18.3 Å². The number of rotatable bonds is 7. The predicted octanol–water partition coefficient (Wildman–Crippen LogP) is -0.242. The molecule has 118 valence electrons. The molecule has 0 bridgehead atoms. The van der Waals surface area contributed by atoms with Crippen molar-refractivity contribution in [2.45, 2.75) is 23.1 Å². The summed E-state index contributed by atoms with van der Waals surface area (Å²) in [5, 5.41) is 8.91. The van der Waals surface area contributed by atoms with Crippen LogP contribution in [0.15, 0.2) is 23.1 Å². The van der Waals surface area contributed by atoms with Crippen LogP contribution < -0.4 is 16.2 Å². The van der Waals surface area contributed by atoms with Crippen LogP contribution in [0.25, 0.3) is 0 Å². The maximum atomic E-state index is 12.3. The first-order valence-electron chi connectivity index (χ1n) is 6.08. The van der Waals surface area contributed by atoms with E-state index in [1.165, 1.54) is 30.0 Å². The Labute approximate surface area is 128 Å². The molecule has 1 aromatic carbocycles. The molecule has 0 aliphatic heterocycles. The summed E-state index contributed by atoms with van der Waals surface area (Å²) < 4.78 is 27.0. The maximum Gasteiger partial charge on any atom is 0.248 e. The molecule has 0 fully saturated rings. The molecule has 1 rings (SSSR count). The van der Waals surface area contributed by atoms with Gasteiger partial charge in [-0.25, -0.2) is 13.1 Å². The third kappa shape index (κ3) is 4.34. The Hall–Kier alpha value is -1.29. The van der Waals surface area contributed by atoms with Crippen LogP contribution in [-0.4, -0.2) is 43.6 Å². The lowest BCUT2D eigenvalue weighted by Crippen LogP contribution is -2.41. The van der Waals surface area contributed by atoms with Crippen LogP contribution >= 0.6 is 11.8 Å². The smallest absolute Gasteiger partial charge is 0.248 e. The average molecular weight is 333 g/mol. The van der Waals surface area contributed by atoms with Crippen molar-refractivity contribution in [3.8, 4) is 0 Å². The number of sulfonamides is 1. The Morgan fingerprint density at radius 3 is 2.52 bits per heavy atom. The van der Waals surface area contributed by atoms with Crippen molar-refractivity contribution in [1.82, 2.24) is 4.72 Å². The fourth-order valence-corrected chi connectivity index (χ4v) is 3.88. The number of thioether (sulfide) groups is 1. The molecule has 9 heteroatoms. The Morgan fingerprint density at radius 2 is 2.10 bits per heavy atom. The van der Waals surface area contributed by atoms with E-state index < -0.39 is 22.0 Å². The average Bonchev–Trinajstić information content (AvgIpc) is 2.38. The largest absolute Gasteiger partial charge is 0.398 e. The number of anilines is 1. The second kappa shape index (κ2) is 7.12. The van der Waals surface area contributed by atoms with E-state index in [4.69, 9.17) is 11.5 Å². The van der Waals surface area contributed by atoms with Crippen molar-refractivity contribution < 1.29 is 18.3 Å². The number of nitrogens with one attached hydrogen (secondary N) is 1. The molecule has 0 spiro atoms. The minimum Gasteiger partial charge on any atom is -0.398 e. The molecular weight excluding hydrogens is 314 g/mol. The molecule has 0 aliphatic carbocycles. The van der Waals surface area contributed by atoms with Gasteiger partial charge in [0.2, 0.25) is 15.9 Å². The van der Waals surface area contributed by atoms with Crippen molar-refractivity contribution in [2.75, 3.05) is 18.6 Å². The monoisotopic (exact) mass is 333 g/mol. The Balaban J connectivity index is 3.06. The Morgan fingerprint density at radius 1 is 1.48 bits per heavy atom. The molecule has 7 nitrogen and oxygen atoms in total. The van der Waals surface area contributed by atoms with Gasteiger partial charge >= 0.3 is 0 Å². The van der Waals surface area contributed by atoms with Crippen molar-refractivity contribution in [1.29, 1.82) is 0 Å². The number of benzene rings is 1. The first-order valence-corrected chi connectivity index (χ1v) is 8.85. The van der Waals surface area contributed by atoms with E-state index in [1.54, 1.807) is 13.2 Å². The fourth-order valence-electron chi connectivity index (χ4n) is 1.77. The number of aliphatic hydroxyl groups is 1. The molecule has 0 aliphatic rings. The Kier molecular flexibility index (Phi) is 6.02. The van der Waals surface area contributed by atoms with Gasteiger partial charge < -0.3 is 16.6 Å². The number of carbonyl (C=O) groups is 1. The van der Waals surface area contributed by atoms with Crippen LogP contribution in [0.4, 0.5) is 5.69 Å². The summed E-state index contributed by atoms with van der Waals surface area (Å²) >= 11 is 1.36. The minimum absolute atomic E-state index is 0.0595. The zero-order valence-electron chi connectivity index (χ0n) is 11.7. The highest BCUT2D eigenvalue weighted by Crippen LogP contribution is 2.21.